The Bertz CT molecular complexity index is 1110. The van der Waals surface area contributed by atoms with Gasteiger partial charge in [-0.2, -0.15) is 23.4 Å². The third-order valence-electron chi connectivity index (χ3n) is 4.99. The highest BCUT2D eigenvalue weighted by atomic mass is 19.4. The maximum atomic E-state index is 13.8. The van der Waals surface area contributed by atoms with Gasteiger partial charge in [0.2, 0.25) is 0 Å². The zero-order valence-corrected chi connectivity index (χ0v) is 16.9. The van der Waals surface area contributed by atoms with Crippen LogP contribution in [-0.2, 0) is 18.0 Å². The lowest BCUT2D eigenvalue weighted by Gasteiger charge is -2.35. The van der Waals surface area contributed by atoms with Crippen LogP contribution < -0.4 is 0 Å². The van der Waals surface area contributed by atoms with Crippen molar-refractivity contribution in [3.05, 3.63) is 35.4 Å². The fourth-order valence-corrected chi connectivity index (χ4v) is 3.82. The molecule has 30 heavy (non-hydrogen) atoms. The molecular formula is C19H21F3N6O2. The Kier molecular flexibility index (Phi) is 4.80. The average Bonchev–Trinajstić information content (AvgIpc) is 3.21. The smallest absolute Gasteiger partial charge is 0.372 e. The van der Waals surface area contributed by atoms with Crippen LogP contribution in [0.4, 0.5) is 13.2 Å². The molecule has 0 N–H and O–H groups in total. The van der Waals surface area contributed by atoms with Crippen LogP contribution in [0.2, 0.25) is 0 Å². The van der Waals surface area contributed by atoms with E-state index in [1.807, 2.05) is 13.8 Å². The van der Waals surface area contributed by atoms with Gasteiger partial charge >= 0.3 is 6.18 Å². The van der Waals surface area contributed by atoms with Gasteiger partial charge < -0.3 is 9.64 Å². The first-order valence-electron chi connectivity index (χ1n) is 9.46. The van der Waals surface area contributed by atoms with Crippen molar-refractivity contribution in [1.82, 2.24) is 29.3 Å². The standard InChI is InChI=1S/C19H21F3N6O2/c1-10-7-27(8-11(2)30-10)18(29)13-6-23-28-16(19(20,21)22)5-15(24-17(13)28)14-9-26(4)25-12(14)3/h5-6,9-11H,7-8H2,1-4H3/t10-,11-/m0/s1. The number of alkyl halides is 3. The van der Waals surface area contributed by atoms with Crippen molar-refractivity contribution in [2.24, 2.45) is 7.05 Å². The third kappa shape index (κ3) is 3.53. The lowest BCUT2D eigenvalue weighted by atomic mass is 10.1. The Morgan fingerprint density at radius 2 is 1.90 bits per heavy atom. The second-order valence-corrected chi connectivity index (χ2v) is 7.59. The fraction of sp³-hybridized carbons (Fsp3) is 0.474. The minimum atomic E-state index is -4.68. The monoisotopic (exact) mass is 422 g/mol. The molecule has 4 heterocycles. The first-order chi connectivity index (χ1) is 14.0. The van der Waals surface area contributed by atoms with Gasteiger partial charge in [0.15, 0.2) is 11.3 Å². The van der Waals surface area contributed by atoms with E-state index >= 15 is 0 Å². The molecule has 0 aromatic carbocycles. The number of fused-ring (bicyclic) bond motifs is 1. The molecule has 8 nitrogen and oxygen atoms in total. The van der Waals surface area contributed by atoms with Crippen molar-refractivity contribution in [2.45, 2.75) is 39.2 Å². The molecular weight excluding hydrogens is 401 g/mol. The minimum absolute atomic E-state index is 0.0187. The highest BCUT2D eigenvalue weighted by molar-refractivity contribution is 6.00. The molecule has 3 aromatic heterocycles. The van der Waals surface area contributed by atoms with E-state index in [4.69, 9.17) is 4.74 Å². The summed E-state index contributed by atoms with van der Waals surface area (Å²) in [6.45, 7) is 6.06. The minimum Gasteiger partial charge on any atom is -0.372 e. The summed E-state index contributed by atoms with van der Waals surface area (Å²) in [5.41, 5.74) is -0.0540. The lowest BCUT2D eigenvalue weighted by molar-refractivity contribution is -0.142. The van der Waals surface area contributed by atoms with Crippen molar-refractivity contribution >= 4 is 11.6 Å². The molecule has 1 aliphatic heterocycles. The molecule has 1 saturated heterocycles. The number of aryl methyl sites for hydroxylation is 2. The molecule has 11 heteroatoms. The van der Waals surface area contributed by atoms with Gasteiger partial charge in [0.05, 0.1) is 29.8 Å². The number of halogens is 3. The molecule has 160 valence electrons. The number of carbonyl (C=O) groups is 1. The molecule has 1 amide bonds. The summed E-state index contributed by atoms with van der Waals surface area (Å²) in [6, 6.07) is 0.928. The van der Waals surface area contributed by atoms with Crippen molar-refractivity contribution < 1.29 is 22.7 Å². The van der Waals surface area contributed by atoms with Crippen molar-refractivity contribution in [3.8, 4) is 11.3 Å². The average molecular weight is 422 g/mol. The first-order valence-corrected chi connectivity index (χ1v) is 9.46. The molecule has 0 spiro atoms. The maximum Gasteiger partial charge on any atom is 0.433 e. The van der Waals surface area contributed by atoms with E-state index in [2.05, 4.69) is 15.2 Å². The van der Waals surface area contributed by atoms with E-state index in [0.29, 0.717) is 28.9 Å². The maximum absolute atomic E-state index is 13.8. The summed E-state index contributed by atoms with van der Waals surface area (Å²) in [6.07, 6.45) is -2.29. The van der Waals surface area contributed by atoms with Crippen molar-refractivity contribution in [2.75, 3.05) is 13.1 Å². The zero-order chi connectivity index (χ0) is 21.8. The summed E-state index contributed by atoms with van der Waals surface area (Å²) < 4.78 is 49.1. The largest absolute Gasteiger partial charge is 0.433 e. The molecule has 4 rings (SSSR count). The Hall–Kier alpha value is -2.95. The van der Waals surface area contributed by atoms with Crippen molar-refractivity contribution in [3.63, 3.8) is 0 Å². The number of morpholine rings is 1. The summed E-state index contributed by atoms with van der Waals surface area (Å²) in [5, 5.41) is 8.01. The van der Waals surface area contributed by atoms with Crippen LogP contribution in [0.3, 0.4) is 0 Å². The number of carbonyl (C=O) groups excluding carboxylic acids is 1. The molecule has 0 radical (unpaired) electrons. The topological polar surface area (TPSA) is 77.6 Å². The molecule has 0 unspecified atom stereocenters. The highest BCUT2D eigenvalue weighted by Crippen LogP contribution is 2.33. The second kappa shape index (κ2) is 7.08. The number of ether oxygens (including phenoxy) is 1. The van der Waals surface area contributed by atoms with Gasteiger partial charge in [-0.15, -0.1) is 0 Å². The van der Waals surface area contributed by atoms with Gasteiger partial charge in [0.1, 0.15) is 5.56 Å². The highest BCUT2D eigenvalue weighted by Gasteiger charge is 2.37. The van der Waals surface area contributed by atoms with E-state index in [1.54, 1.807) is 25.1 Å². The van der Waals surface area contributed by atoms with Crippen LogP contribution in [0.5, 0.6) is 0 Å². The molecule has 1 fully saturated rings. The molecule has 1 aliphatic rings. The third-order valence-corrected chi connectivity index (χ3v) is 4.99. The zero-order valence-electron chi connectivity index (χ0n) is 16.9. The predicted octanol–water partition coefficient (Wildman–Crippen LogP) is 2.71. The van der Waals surface area contributed by atoms with Gasteiger partial charge in [-0.3, -0.25) is 9.48 Å². The normalized spacial score (nSPS) is 20.2. The summed E-state index contributed by atoms with van der Waals surface area (Å²) in [7, 11) is 1.67. The van der Waals surface area contributed by atoms with Gasteiger partial charge in [-0.1, -0.05) is 0 Å². The van der Waals surface area contributed by atoms with Gasteiger partial charge in [0, 0.05) is 31.9 Å². The number of hydrogen-bond donors (Lipinski definition) is 0. The number of aromatic nitrogens is 5. The summed E-state index contributed by atoms with van der Waals surface area (Å²) >= 11 is 0. The van der Waals surface area contributed by atoms with Crippen LogP contribution in [0, 0.1) is 6.92 Å². The number of hydrogen-bond acceptors (Lipinski definition) is 5. The number of amides is 1. The Balaban J connectivity index is 1.87. The van der Waals surface area contributed by atoms with E-state index < -0.39 is 17.8 Å². The van der Waals surface area contributed by atoms with E-state index in [9.17, 15) is 18.0 Å². The predicted molar refractivity (Wildman–Crippen MR) is 101 cm³/mol. The molecule has 0 bridgehead atoms. The van der Waals surface area contributed by atoms with E-state index in [0.717, 1.165) is 12.3 Å². The van der Waals surface area contributed by atoms with Crippen LogP contribution >= 0.6 is 0 Å². The Morgan fingerprint density at radius 3 is 2.47 bits per heavy atom. The molecule has 2 atom stereocenters. The molecule has 0 saturated carbocycles. The van der Waals surface area contributed by atoms with Gasteiger partial charge in [0.25, 0.3) is 5.91 Å². The van der Waals surface area contributed by atoms with Crippen LogP contribution in [0.1, 0.15) is 35.6 Å². The van der Waals surface area contributed by atoms with Crippen LogP contribution in [-0.4, -0.2) is 60.5 Å². The van der Waals surface area contributed by atoms with Gasteiger partial charge in [-0.25, -0.2) is 9.50 Å². The molecule has 0 aliphatic carbocycles. The SMILES string of the molecule is Cc1nn(C)cc1-c1cc(C(F)(F)F)n2ncc(C(=O)N3C[C@H](C)O[C@@H](C)C3)c2n1. The number of nitrogens with zero attached hydrogens (tertiary/aromatic N) is 6. The van der Waals surface area contributed by atoms with E-state index in [1.165, 1.54) is 4.68 Å². The Labute approximate surface area is 170 Å². The van der Waals surface area contributed by atoms with Crippen molar-refractivity contribution in [1.29, 1.82) is 0 Å². The summed E-state index contributed by atoms with van der Waals surface area (Å²) in [5.74, 6) is -0.423. The quantitative estimate of drug-likeness (QED) is 0.635. The second-order valence-electron chi connectivity index (χ2n) is 7.59. The summed E-state index contributed by atoms with van der Waals surface area (Å²) in [4.78, 5) is 19.1. The van der Waals surface area contributed by atoms with Crippen LogP contribution in [0.15, 0.2) is 18.5 Å². The molecule has 3 aromatic rings. The van der Waals surface area contributed by atoms with Gasteiger partial charge in [-0.05, 0) is 26.8 Å². The number of rotatable bonds is 2. The van der Waals surface area contributed by atoms with Crippen LogP contribution in [0.25, 0.3) is 16.9 Å². The first kappa shape index (κ1) is 20.3. The van der Waals surface area contributed by atoms with E-state index in [-0.39, 0.29) is 29.1 Å². The fourth-order valence-electron chi connectivity index (χ4n) is 3.82. The Morgan fingerprint density at radius 1 is 1.23 bits per heavy atom. The lowest BCUT2D eigenvalue weighted by Crippen LogP contribution is -2.48.